The number of unbranched alkanes of at least 4 members (excludes halogenated alkanes) is 33. The van der Waals surface area contributed by atoms with Crippen LogP contribution >= 0.6 is 0 Å². The number of aliphatic hydroxyl groups excluding tert-OH is 20. The van der Waals surface area contributed by atoms with Crippen molar-refractivity contribution < 1.29 is 183 Å². The Morgan fingerprint density at radius 3 is 1.05 bits per heavy atom. The van der Waals surface area contributed by atoms with Crippen molar-refractivity contribution in [2.24, 2.45) is 0 Å². The molecule has 40 heteroatoms. The first-order valence-corrected chi connectivity index (χ1v) is 48.3. The van der Waals surface area contributed by atoms with Crippen molar-refractivity contribution in [2.45, 2.75) is 493 Å². The predicted molar refractivity (Wildman–Crippen MR) is 462 cm³/mol. The highest BCUT2D eigenvalue weighted by Crippen LogP contribution is 2.40. The number of carbonyl (C=O) groups is 3. The molecule has 0 aromatic heterocycles. The van der Waals surface area contributed by atoms with Crippen molar-refractivity contribution >= 4 is 17.7 Å². The van der Waals surface area contributed by atoms with E-state index in [9.17, 15) is 117 Å². The molecule has 0 aromatic rings. The fraction of sp³-hybridized carbons (Fsp3) is 0.944. The summed E-state index contributed by atoms with van der Waals surface area (Å²) in [7, 11) is 0. The third kappa shape index (κ3) is 35.0. The molecule has 0 spiro atoms. The first kappa shape index (κ1) is 114. The van der Waals surface area contributed by atoms with E-state index in [0.29, 0.717) is 12.8 Å². The van der Waals surface area contributed by atoms with E-state index in [2.05, 4.69) is 29.8 Å². The number of hydrogen-bond acceptors (Lipinski definition) is 37. The van der Waals surface area contributed by atoms with Crippen LogP contribution in [0.2, 0.25) is 0 Å². The van der Waals surface area contributed by atoms with Crippen LogP contribution in [0.15, 0.2) is 12.2 Å². The molecule has 3 amide bonds. The zero-order valence-corrected chi connectivity index (χ0v) is 76.8. The summed E-state index contributed by atoms with van der Waals surface area (Å²) in [4.78, 5) is 40.0. The van der Waals surface area contributed by atoms with Crippen LogP contribution in [0.25, 0.3) is 0 Å². The Morgan fingerprint density at radius 1 is 0.315 bits per heavy atom. The van der Waals surface area contributed by atoms with E-state index in [-0.39, 0.29) is 12.3 Å². The molecule has 23 N–H and O–H groups in total. The summed E-state index contributed by atoms with van der Waals surface area (Å²) in [6, 6.07) is -4.85. The highest BCUT2D eigenvalue weighted by atomic mass is 16.8. The fourth-order valence-electron chi connectivity index (χ4n) is 17.9. The highest BCUT2D eigenvalue weighted by Gasteiger charge is 2.60. The van der Waals surface area contributed by atoms with E-state index in [4.69, 9.17) is 66.3 Å². The third-order valence-electron chi connectivity index (χ3n) is 25.8. The van der Waals surface area contributed by atoms with Crippen molar-refractivity contribution in [3.63, 3.8) is 0 Å². The van der Waals surface area contributed by atoms with E-state index in [1.165, 1.54) is 167 Å². The van der Waals surface area contributed by atoms with Gasteiger partial charge in [-0.15, -0.1) is 0 Å². The van der Waals surface area contributed by atoms with Crippen LogP contribution in [0.1, 0.15) is 266 Å². The lowest BCUT2D eigenvalue weighted by Crippen LogP contribution is -2.71. The van der Waals surface area contributed by atoms with Crippen molar-refractivity contribution in [3.8, 4) is 0 Å². The van der Waals surface area contributed by atoms with Gasteiger partial charge in [-0.2, -0.15) is 0 Å². The van der Waals surface area contributed by atoms with Gasteiger partial charge in [-0.05, 0) is 26.2 Å². The van der Waals surface area contributed by atoms with Gasteiger partial charge in [0.15, 0.2) is 44.0 Å². The minimum atomic E-state index is -2.34. The molecule has 7 rings (SSSR count). The van der Waals surface area contributed by atoms with Gasteiger partial charge >= 0.3 is 0 Å². The average Bonchev–Trinajstić information content (AvgIpc) is 0.762. The van der Waals surface area contributed by atoms with Crippen molar-refractivity contribution in [1.29, 1.82) is 0 Å². The molecule has 7 saturated heterocycles. The van der Waals surface area contributed by atoms with E-state index in [1.807, 2.05) is 6.08 Å². The molecule has 0 radical (unpaired) electrons. The summed E-state index contributed by atoms with van der Waals surface area (Å²) in [6.45, 7) is 1.03. The molecule has 0 aliphatic carbocycles. The van der Waals surface area contributed by atoms with E-state index >= 15 is 0 Å². The topological polar surface area (TPSA) is 621 Å². The number of aliphatic hydroxyl groups is 20. The van der Waals surface area contributed by atoms with Gasteiger partial charge in [0.25, 0.3) is 0 Å². The lowest BCUT2D eigenvalue weighted by atomic mass is 9.93. The summed E-state index contributed by atoms with van der Waals surface area (Å²) >= 11 is 0. The molecule has 14 unspecified atom stereocenters. The van der Waals surface area contributed by atoms with E-state index in [1.54, 1.807) is 6.08 Å². The highest BCUT2D eigenvalue weighted by molar-refractivity contribution is 5.76. The number of allylic oxidation sites excluding steroid dienone is 1. The number of ether oxygens (including phenoxy) is 14. The van der Waals surface area contributed by atoms with Crippen molar-refractivity contribution in [2.75, 3.05) is 46.2 Å². The molecule has 760 valence electrons. The Hall–Kier alpha value is -3.21. The second-order valence-corrected chi connectivity index (χ2v) is 36.3. The van der Waals surface area contributed by atoms with Crippen LogP contribution in [0.4, 0.5) is 0 Å². The Balaban J connectivity index is 0.976. The van der Waals surface area contributed by atoms with Crippen LogP contribution in [-0.4, -0.2) is 393 Å². The summed E-state index contributed by atoms with van der Waals surface area (Å²) < 4.78 is 84.1. The molecule has 7 aliphatic rings. The van der Waals surface area contributed by atoms with Gasteiger partial charge in [0.1, 0.15) is 165 Å². The summed E-state index contributed by atoms with van der Waals surface area (Å²) in [6.07, 6.45) is -20.4. The molecule has 40 nitrogen and oxygen atoms in total. The molecular weight excluding hydrogens is 1710 g/mol. The maximum atomic E-state index is 13.7. The summed E-state index contributed by atoms with van der Waals surface area (Å²) in [5.41, 5.74) is 0. The van der Waals surface area contributed by atoms with Crippen molar-refractivity contribution in [1.82, 2.24) is 16.0 Å². The van der Waals surface area contributed by atoms with Crippen LogP contribution in [0.3, 0.4) is 0 Å². The van der Waals surface area contributed by atoms with Crippen LogP contribution < -0.4 is 16.0 Å². The zero-order chi connectivity index (χ0) is 94.9. The van der Waals surface area contributed by atoms with Gasteiger partial charge in [-0.25, -0.2) is 0 Å². The number of carbonyl (C=O) groups excluding carboxylic acids is 3. The molecule has 7 fully saturated rings. The third-order valence-corrected chi connectivity index (χ3v) is 25.8. The average molecular weight is 1880 g/mol. The zero-order valence-electron chi connectivity index (χ0n) is 76.8. The van der Waals surface area contributed by atoms with Gasteiger partial charge in [-0.3, -0.25) is 14.4 Å². The molecular formula is C90H163N3O37. The van der Waals surface area contributed by atoms with Gasteiger partial charge in [0, 0.05) is 20.3 Å². The van der Waals surface area contributed by atoms with E-state index < -0.39 is 285 Å². The molecule has 7 aliphatic heterocycles. The normalized spacial score (nSPS) is 37.3. The number of nitrogens with one attached hydrogen (secondary N) is 3. The predicted octanol–water partition coefficient (Wildman–Crippen LogP) is -0.451. The number of rotatable bonds is 62. The van der Waals surface area contributed by atoms with Crippen LogP contribution in [-0.2, 0) is 80.7 Å². The SMILES string of the molecule is CCCCCCCCCCCCC/C=C/[C@@H](O)[C@H](CO[C@@H]1OC(CO)[C@@H](O[C@@H]2OC(CO)[C@H](O)[C@H](O[C@@H]3OC(CO)[C@@H](O[C@@H]4OC(CO)[C@H](O)[C@H](O[C@@H]5OC(CO)[C@@H](O[C@@H]6OC(CO)[C@H](O)[C@H](O)C6O)[C@H](O[C@H]6OC(C)[C@@H](O)C(O)[C@@H]6O)C5NC(C)=O)C4O)[C@H](O)C3NC(C)=O)C2O)[C@H](O)C1O)NC(=O)CCCCCCCCCCCCCCCCCCCCCCCCC. The molecule has 0 bridgehead atoms. The minimum Gasteiger partial charge on any atom is -0.394 e. The Morgan fingerprint density at radius 2 is 0.631 bits per heavy atom. The second-order valence-electron chi connectivity index (χ2n) is 36.3. The lowest BCUT2D eigenvalue weighted by Gasteiger charge is -2.52. The number of hydrogen-bond donors (Lipinski definition) is 23. The largest absolute Gasteiger partial charge is 0.394 e. The van der Waals surface area contributed by atoms with Crippen molar-refractivity contribution in [3.05, 3.63) is 12.2 Å². The van der Waals surface area contributed by atoms with Crippen LogP contribution in [0.5, 0.6) is 0 Å². The second kappa shape index (κ2) is 61.3. The Kier molecular flexibility index (Phi) is 53.6. The standard InChI is InChI=1S/C90H163N3O37/c1-6-8-10-12-14-16-18-20-21-22-23-24-25-26-27-28-29-31-33-35-37-39-41-43-62(103)93-54(55(102)42-40-38-36-34-32-30-19-17-15-13-11-9-7-2)50-117-86-75(114)72(111)79(60(48-98)124-86)126-90-76(115)82(67(106)57(45-95)121-90)129-84-63(91-52(4)100)69(108)78(59(47-97)122-84)125-89-77(116)83(68(107)58(46-96)120-89)130-85-64(92-53(5)101)81(128-87-73(112)70(109)65(104)51(3)118-87)80(61(49-99)123-85)127-88-74(113)71(110)66(105)56(44-94)119-88/h40,42,51,54-61,63-90,94-99,102,104-116H,6-39,41,43-50H2,1-5H3,(H,91,100)(H,92,101)(H,93,103)/b42-40+/t51?,54-,55+,56?,57?,58?,59?,60?,61?,63?,64?,65+,66-,67-,68-,69+,70?,71-,72+,73-,74?,75?,76?,77?,78+,79+,80+,81+,82-,83-,84-,85-,86+,87+,88-,89-,90-/m0/s1. The molecule has 130 heavy (non-hydrogen) atoms. The quantitative estimate of drug-likeness (QED) is 0.0271. The van der Waals surface area contributed by atoms with Gasteiger partial charge < -0.3 is 184 Å². The fourth-order valence-corrected chi connectivity index (χ4v) is 17.9. The maximum absolute atomic E-state index is 13.7. The summed E-state index contributed by atoms with van der Waals surface area (Å²) in [5, 5.41) is 233. The van der Waals surface area contributed by atoms with E-state index in [0.717, 1.165) is 65.2 Å². The molecule has 0 aromatic carbocycles. The molecule has 37 atom stereocenters. The number of amides is 3. The smallest absolute Gasteiger partial charge is 0.220 e. The molecule has 0 saturated carbocycles. The van der Waals surface area contributed by atoms with Crippen LogP contribution in [0, 0.1) is 0 Å². The Bertz CT molecular complexity index is 3060. The van der Waals surface area contributed by atoms with Gasteiger partial charge in [0.2, 0.25) is 17.7 Å². The lowest BCUT2D eigenvalue weighted by molar-refractivity contribution is -0.393. The minimum absolute atomic E-state index is 0.165. The van der Waals surface area contributed by atoms with Gasteiger partial charge in [-0.1, -0.05) is 231 Å². The monoisotopic (exact) mass is 1880 g/mol. The molecule has 7 heterocycles. The first-order chi connectivity index (χ1) is 62.5. The maximum Gasteiger partial charge on any atom is 0.220 e. The van der Waals surface area contributed by atoms with Gasteiger partial charge in [0.05, 0.1) is 64.5 Å². The Labute approximate surface area is 764 Å². The first-order valence-electron chi connectivity index (χ1n) is 48.3. The summed E-state index contributed by atoms with van der Waals surface area (Å²) in [5.74, 6) is -2.15.